The van der Waals surface area contributed by atoms with Gasteiger partial charge >= 0.3 is 10.2 Å². The number of aryl methyl sites for hydroxylation is 1. The second-order valence-electron chi connectivity index (χ2n) is 8.18. The van der Waals surface area contributed by atoms with E-state index in [1.165, 1.54) is 4.31 Å². The molecule has 2 saturated carbocycles. The van der Waals surface area contributed by atoms with Gasteiger partial charge < -0.3 is 0 Å². The minimum absolute atomic E-state index is 0.0782. The van der Waals surface area contributed by atoms with Crippen molar-refractivity contribution in [2.24, 2.45) is 17.8 Å². The highest BCUT2D eigenvalue weighted by atomic mass is 32.2. The van der Waals surface area contributed by atoms with Crippen molar-refractivity contribution in [3.05, 3.63) is 29.8 Å². The molecule has 1 aromatic rings. The molecular formula is C20H26N2O4S. The molecule has 1 N–H and O–H groups in total. The standard InChI is InChI=1S/C20H26N2O4S/c1-13-9-10-14-5-2-3-8-18(14)22(13)27(25,26)21-20(24)17-11-15-6-4-7-16(12-17)19(15)23/h2-3,5,8,13,15-17H,4,6-7,9-12H2,1H3,(H,21,24). The molecule has 0 saturated heterocycles. The number of rotatable bonds is 3. The Morgan fingerprint density at radius 3 is 2.48 bits per heavy atom. The average Bonchev–Trinajstić information content (AvgIpc) is 2.60. The highest BCUT2D eigenvalue weighted by molar-refractivity contribution is 7.91. The summed E-state index contributed by atoms with van der Waals surface area (Å²) in [5, 5.41) is 0. The Kier molecular flexibility index (Phi) is 4.74. The molecule has 146 valence electrons. The van der Waals surface area contributed by atoms with Gasteiger partial charge in [-0.2, -0.15) is 8.42 Å². The van der Waals surface area contributed by atoms with Gasteiger partial charge in [0.25, 0.3) is 0 Å². The summed E-state index contributed by atoms with van der Waals surface area (Å²) in [6, 6.07) is 7.22. The van der Waals surface area contributed by atoms with Gasteiger partial charge in [0.1, 0.15) is 5.78 Å². The fraction of sp³-hybridized carbons (Fsp3) is 0.600. The fourth-order valence-corrected chi connectivity index (χ4v) is 6.51. The third kappa shape index (κ3) is 3.37. The highest BCUT2D eigenvalue weighted by Gasteiger charge is 2.43. The van der Waals surface area contributed by atoms with E-state index < -0.39 is 22.0 Å². The van der Waals surface area contributed by atoms with Crippen LogP contribution in [0.2, 0.25) is 0 Å². The summed E-state index contributed by atoms with van der Waals surface area (Å²) in [6.07, 6.45) is 5.16. The lowest BCUT2D eigenvalue weighted by Crippen LogP contribution is -2.52. The summed E-state index contributed by atoms with van der Waals surface area (Å²) < 4.78 is 29.8. The Labute approximate surface area is 160 Å². The van der Waals surface area contributed by atoms with Crippen molar-refractivity contribution in [1.82, 2.24) is 4.72 Å². The van der Waals surface area contributed by atoms with E-state index in [9.17, 15) is 18.0 Å². The van der Waals surface area contributed by atoms with Gasteiger partial charge in [-0.3, -0.25) is 13.9 Å². The smallest absolute Gasteiger partial charge is 0.299 e. The number of nitrogens with zero attached hydrogens (tertiary/aromatic N) is 1. The van der Waals surface area contributed by atoms with Crippen LogP contribution in [0.5, 0.6) is 0 Å². The van der Waals surface area contributed by atoms with Crippen LogP contribution in [0.15, 0.2) is 24.3 Å². The number of ketones is 1. The zero-order valence-corrected chi connectivity index (χ0v) is 16.4. The maximum absolute atomic E-state index is 13.0. The number of para-hydroxylation sites is 1. The van der Waals surface area contributed by atoms with Crippen molar-refractivity contribution < 1.29 is 18.0 Å². The van der Waals surface area contributed by atoms with Crippen LogP contribution in [0.1, 0.15) is 51.0 Å². The quantitative estimate of drug-likeness (QED) is 0.860. The Morgan fingerprint density at radius 2 is 1.78 bits per heavy atom. The molecule has 2 aliphatic carbocycles. The van der Waals surface area contributed by atoms with Crippen LogP contribution in [-0.4, -0.2) is 26.2 Å². The number of amides is 1. The zero-order chi connectivity index (χ0) is 19.2. The van der Waals surface area contributed by atoms with E-state index >= 15 is 0 Å². The minimum atomic E-state index is -3.98. The van der Waals surface area contributed by atoms with Gasteiger partial charge in [0.2, 0.25) is 5.91 Å². The molecule has 1 aliphatic heterocycles. The SMILES string of the molecule is CC1CCc2ccccc2N1S(=O)(=O)NC(=O)C1CC2CCCC(C1)C2=O. The molecule has 0 aromatic heterocycles. The fourth-order valence-electron chi connectivity index (χ4n) is 4.98. The Balaban J connectivity index is 1.53. The highest BCUT2D eigenvalue weighted by Crippen LogP contribution is 2.40. The largest absolute Gasteiger partial charge is 0.326 e. The van der Waals surface area contributed by atoms with E-state index in [2.05, 4.69) is 4.72 Å². The van der Waals surface area contributed by atoms with Gasteiger partial charge in [0.15, 0.2) is 0 Å². The van der Waals surface area contributed by atoms with E-state index in [0.29, 0.717) is 24.9 Å². The van der Waals surface area contributed by atoms with Gasteiger partial charge in [0, 0.05) is 23.8 Å². The molecule has 2 bridgehead atoms. The van der Waals surface area contributed by atoms with Crippen LogP contribution >= 0.6 is 0 Å². The molecule has 27 heavy (non-hydrogen) atoms. The Morgan fingerprint density at radius 1 is 1.11 bits per heavy atom. The predicted molar refractivity (Wildman–Crippen MR) is 102 cm³/mol. The second kappa shape index (κ2) is 6.93. The topological polar surface area (TPSA) is 83.6 Å². The first-order valence-corrected chi connectivity index (χ1v) is 11.3. The first-order valence-electron chi connectivity index (χ1n) is 9.84. The zero-order valence-electron chi connectivity index (χ0n) is 15.6. The summed E-state index contributed by atoms with van der Waals surface area (Å²) in [5.74, 6) is -0.749. The summed E-state index contributed by atoms with van der Waals surface area (Å²) >= 11 is 0. The Hall–Kier alpha value is -1.89. The van der Waals surface area contributed by atoms with Crippen LogP contribution in [0, 0.1) is 17.8 Å². The monoisotopic (exact) mass is 390 g/mol. The minimum Gasteiger partial charge on any atom is -0.299 e. The van der Waals surface area contributed by atoms with Gasteiger partial charge in [-0.15, -0.1) is 0 Å². The normalized spacial score (nSPS) is 30.6. The summed E-state index contributed by atoms with van der Waals surface area (Å²) in [7, 11) is -3.98. The van der Waals surface area contributed by atoms with E-state index in [4.69, 9.17) is 0 Å². The Bertz CT molecular complexity index is 850. The van der Waals surface area contributed by atoms with Crippen LogP contribution in [-0.2, 0) is 26.2 Å². The molecular weight excluding hydrogens is 364 g/mol. The van der Waals surface area contributed by atoms with Crippen molar-refractivity contribution in [2.75, 3.05) is 4.31 Å². The lowest BCUT2D eigenvalue weighted by Gasteiger charge is -2.38. The second-order valence-corrected chi connectivity index (χ2v) is 9.73. The number of benzene rings is 1. The molecule has 1 aromatic carbocycles. The number of hydrogen-bond acceptors (Lipinski definition) is 4. The van der Waals surface area contributed by atoms with Crippen LogP contribution in [0.25, 0.3) is 0 Å². The number of nitrogens with one attached hydrogen (secondary N) is 1. The van der Waals surface area contributed by atoms with E-state index in [-0.39, 0.29) is 23.7 Å². The predicted octanol–water partition coefficient (Wildman–Crippen LogP) is 2.58. The third-order valence-corrected chi connectivity index (χ3v) is 7.90. The number of carbonyl (C=O) groups is 2. The van der Waals surface area contributed by atoms with Crippen molar-refractivity contribution in [3.8, 4) is 0 Å². The van der Waals surface area contributed by atoms with Gasteiger partial charge in [0.05, 0.1) is 5.69 Å². The summed E-state index contributed by atoms with van der Waals surface area (Å²) in [6.45, 7) is 1.86. The van der Waals surface area contributed by atoms with Crippen LogP contribution < -0.4 is 9.03 Å². The molecule has 1 heterocycles. The van der Waals surface area contributed by atoms with Crippen molar-refractivity contribution in [2.45, 2.75) is 57.9 Å². The number of carbonyl (C=O) groups excluding carboxylic acids is 2. The summed E-state index contributed by atoms with van der Waals surface area (Å²) in [5.41, 5.74) is 1.62. The molecule has 3 unspecified atom stereocenters. The maximum Gasteiger partial charge on any atom is 0.326 e. The number of fused-ring (bicyclic) bond motifs is 3. The molecule has 7 heteroatoms. The van der Waals surface area contributed by atoms with Crippen LogP contribution in [0.4, 0.5) is 5.69 Å². The first-order chi connectivity index (χ1) is 12.9. The van der Waals surface area contributed by atoms with Crippen molar-refractivity contribution >= 4 is 27.6 Å². The van der Waals surface area contributed by atoms with Gasteiger partial charge in [-0.1, -0.05) is 24.6 Å². The van der Waals surface area contributed by atoms with E-state index in [1.807, 2.05) is 25.1 Å². The molecule has 3 atom stereocenters. The third-order valence-electron chi connectivity index (χ3n) is 6.37. The molecule has 1 amide bonds. The molecule has 3 aliphatic rings. The molecule has 0 radical (unpaired) electrons. The van der Waals surface area contributed by atoms with Gasteiger partial charge in [-0.05, 0) is 57.1 Å². The molecule has 6 nitrogen and oxygen atoms in total. The van der Waals surface area contributed by atoms with Gasteiger partial charge in [-0.25, -0.2) is 4.72 Å². The van der Waals surface area contributed by atoms with Crippen LogP contribution in [0.3, 0.4) is 0 Å². The molecule has 0 spiro atoms. The van der Waals surface area contributed by atoms with E-state index in [1.54, 1.807) is 6.07 Å². The van der Waals surface area contributed by atoms with Crippen molar-refractivity contribution in [1.29, 1.82) is 0 Å². The number of hydrogen-bond donors (Lipinski definition) is 1. The maximum atomic E-state index is 13.0. The molecule has 4 rings (SSSR count). The average molecular weight is 391 g/mol. The molecule has 2 fully saturated rings. The number of anilines is 1. The number of Topliss-reactive ketones (excluding diaryl/α,β-unsaturated/α-hetero) is 1. The lowest BCUT2D eigenvalue weighted by atomic mass is 9.67. The summed E-state index contributed by atoms with van der Waals surface area (Å²) in [4.78, 5) is 25.0. The van der Waals surface area contributed by atoms with Crippen molar-refractivity contribution in [3.63, 3.8) is 0 Å². The van der Waals surface area contributed by atoms with E-state index in [0.717, 1.165) is 31.2 Å². The lowest BCUT2D eigenvalue weighted by molar-refractivity contribution is -0.137. The first kappa shape index (κ1) is 18.5.